The Hall–Kier alpha value is 0.570. The molecule has 1 aliphatic carbocycles. The number of carbonyl (C=O) groups is 1. The number of allylic oxidation sites excluding steroid dienone is 2. The highest BCUT2D eigenvalue weighted by atomic mass is 35.5. The summed E-state index contributed by atoms with van der Waals surface area (Å²) >= 11 is 24.0. The van der Waals surface area contributed by atoms with Gasteiger partial charge in [0.05, 0.1) is 0 Å². The number of hydrogen-bond donors (Lipinski definition) is 0. The standard InChI is InChI=1S/C10H12Cl4O/c1-5-4-9(11,12)8(15)10(13,14)7(3)6(5)2/h7H,4H2,1-3H3. The van der Waals surface area contributed by atoms with Crippen molar-refractivity contribution in [1.29, 1.82) is 0 Å². The average molecular weight is 290 g/mol. The minimum atomic E-state index is -1.55. The Balaban J connectivity index is 3.31. The van der Waals surface area contributed by atoms with E-state index in [1.165, 1.54) is 0 Å². The Labute approximate surface area is 110 Å². The van der Waals surface area contributed by atoms with Crippen LogP contribution in [0.3, 0.4) is 0 Å². The van der Waals surface area contributed by atoms with Crippen molar-refractivity contribution in [2.45, 2.75) is 35.9 Å². The maximum atomic E-state index is 11.9. The predicted octanol–water partition coefficient (Wildman–Crippen LogP) is 4.28. The lowest BCUT2D eigenvalue weighted by molar-refractivity contribution is -0.120. The highest BCUT2D eigenvalue weighted by molar-refractivity contribution is 6.69. The van der Waals surface area contributed by atoms with E-state index in [0.29, 0.717) is 0 Å². The molecule has 1 unspecified atom stereocenters. The molecule has 0 bridgehead atoms. The molecule has 1 atom stereocenters. The van der Waals surface area contributed by atoms with E-state index in [2.05, 4.69) is 0 Å². The van der Waals surface area contributed by atoms with Crippen LogP contribution in [-0.4, -0.2) is 14.4 Å². The summed E-state index contributed by atoms with van der Waals surface area (Å²) in [5.41, 5.74) is 1.93. The van der Waals surface area contributed by atoms with Crippen LogP contribution in [0.25, 0.3) is 0 Å². The van der Waals surface area contributed by atoms with Crippen molar-refractivity contribution in [3.63, 3.8) is 0 Å². The van der Waals surface area contributed by atoms with Crippen molar-refractivity contribution in [3.8, 4) is 0 Å². The summed E-state index contributed by atoms with van der Waals surface area (Å²) in [6, 6.07) is 0. The third-order valence-corrected chi connectivity index (χ3v) is 4.60. The quantitative estimate of drug-likeness (QED) is 0.480. The lowest BCUT2D eigenvalue weighted by Gasteiger charge is -2.27. The molecule has 0 saturated carbocycles. The first-order valence-corrected chi connectivity index (χ1v) is 6.08. The van der Waals surface area contributed by atoms with E-state index in [9.17, 15) is 4.79 Å². The zero-order valence-electron chi connectivity index (χ0n) is 8.70. The summed E-state index contributed by atoms with van der Waals surface area (Å²) in [6.45, 7) is 5.57. The van der Waals surface area contributed by atoms with Crippen LogP contribution < -0.4 is 0 Å². The smallest absolute Gasteiger partial charge is 0.205 e. The van der Waals surface area contributed by atoms with E-state index in [1.807, 2.05) is 13.8 Å². The van der Waals surface area contributed by atoms with Gasteiger partial charge in [-0.25, -0.2) is 0 Å². The van der Waals surface area contributed by atoms with Gasteiger partial charge in [-0.15, -0.1) is 0 Å². The fourth-order valence-corrected chi connectivity index (χ4v) is 3.18. The highest BCUT2D eigenvalue weighted by Crippen LogP contribution is 2.48. The Morgan fingerprint density at radius 1 is 1.20 bits per heavy atom. The van der Waals surface area contributed by atoms with Crippen LogP contribution in [0.4, 0.5) is 0 Å². The second-order valence-electron chi connectivity index (χ2n) is 4.02. The monoisotopic (exact) mass is 288 g/mol. The number of carbonyl (C=O) groups excluding carboxylic acids is 1. The number of rotatable bonds is 0. The van der Waals surface area contributed by atoms with Gasteiger partial charge < -0.3 is 0 Å². The molecule has 0 spiro atoms. The molecule has 0 aromatic heterocycles. The van der Waals surface area contributed by atoms with E-state index >= 15 is 0 Å². The van der Waals surface area contributed by atoms with Crippen LogP contribution >= 0.6 is 46.4 Å². The zero-order valence-corrected chi connectivity index (χ0v) is 11.7. The Morgan fingerprint density at radius 2 is 1.67 bits per heavy atom. The third-order valence-electron chi connectivity index (χ3n) is 2.99. The van der Waals surface area contributed by atoms with Gasteiger partial charge in [-0.05, 0) is 13.8 Å². The number of alkyl halides is 4. The maximum Gasteiger partial charge on any atom is 0.205 e. The molecular weight excluding hydrogens is 278 g/mol. The first-order valence-electron chi connectivity index (χ1n) is 4.57. The molecule has 1 rings (SSSR count). The molecule has 0 aromatic rings. The van der Waals surface area contributed by atoms with Gasteiger partial charge in [0.1, 0.15) is 0 Å². The van der Waals surface area contributed by atoms with Crippen LogP contribution in [0, 0.1) is 5.92 Å². The van der Waals surface area contributed by atoms with Gasteiger partial charge >= 0.3 is 0 Å². The number of ketones is 1. The van der Waals surface area contributed by atoms with Gasteiger partial charge in [-0.2, -0.15) is 0 Å². The second kappa shape index (κ2) is 4.10. The molecule has 5 heteroatoms. The molecule has 1 aliphatic rings. The maximum absolute atomic E-state index is 11.9. The molecule has 0 amide bonds. The molecule has 0 aromatic carbocycles. The second-order valence-corrected chi connectivity index (χ2v) is 6.89. The van der Waals surface area contributed by atoms with Crippen molar-refractivity contribution in [1.82, 2.24) is 0 Å². The van der Waals surface area contributed by atoms with Crippen LogP contribution in [0.5, 0.6) is 0 Å². The molecule has 0 aliphatic heterocycles. The highest BCUT2D eigenvalue weighted by Gasteiger charge is 2.52. The molecule has 1 nitrogen and oxygen atoms in total. The molecule has 0 fully saturated rings. The first kappa shape index (κ1) is 13.6. The minimum absolute atomic E-state index is 0.270. The third kappa shape index (κ3) is 2.31. The zero-order chi connectivity index (χ0) is 12.0. The molecule has 0 radical (unpaired) electrons. The van der Waals surface area contributed by atoms with E-state index in [1.54, 1.807) is 6.92 Å². The molecule has 15 heavy (non-hydrogen) atoms. The van der Waals surface area contributed by atoms with Crippen molar-refractivity contribution >= 4 is 52.2 Å². The SMILES string of the molecule is CC1=C(C)C(C)C(Cl)(Cl)C(=O)C(Cl)(Cl)C1. The van der Waals surface area contributed by atoms with Gasteiger partial charge in [0, 0.05) is 12.3 Å². The van der Waals surface area contributed by atoms with Gasteiger partial charge in [-0.3, -0.25) is 4.79 Å². The fraction of sp³-hybridized carbons (Fsp3) is 0.700. The molecule has 0 saturated heterocycles. The van der Waals surface area contributed by atoms with E-state index < -0.39 is 14.4 Å². The van der Waals surface area contributed by atoms with Crippen LogP contribution in [0.2, 0.25) is 0 Å². The van der Waals surface area contributed by atoms with Crippen LogP contribution in [0.15, 0.2) is 11.1 Å². The van der Waals surface area contributed by atoms with Gasteiger partial charge in [0.15, 0.2) is 8.67 Å². The van der Waals surface area contributed by atoms with E-state index in [-0.39, 0.29) is 12.3 Å². The molecular formula is C10H12Cl4O. The Bertz CT molecular complexity index is 330. The van der Waals surface area contributed by atoms with Crippen molar-refractivity contribution in [2.75, 3.05) is 0 Å². The van der Waals surface area contributed by atoms with Gasteiger partial charge in [-0.1, -0.05) is 64.5 Å². The van der Waals surface area contributed by atoms with Gasteiger partial charge in [0.25, 0.3) is 0 Å². The minimum Gasteiger partial charge on any atom is -0.293 e. The normalized spacial score (nSPS) is 30.3. The Morgan fingerprint density at radius 3 is 2.13 bits per heavy atom. The summed E-state index contributed by atoms with van der Waals surface area (Å²) in [5, 5.41) is 0. The topological polar surface area (TPSA) is 17.1 Å². The summed E-state index contributed by atoms with van der Waals surface area (Å²) in [6.07, 6.45) is 0.270. The van der Waals surface area contributed by atoms with Crippen LogP contribution in [0.1, 0.15) is 27.2 Å². The molecule has 0 heterocycles. The summed E-state index contributed by atoms with van der Waals surface area (Å²) in [5.74, 6) is -0.821. The number of halogens is 4. The van der Waals surface area contributed by atoms with E-state index in [4.69, 9.17) is 46.4 Å². The van der Waals surface area contributed by atoms with Crippen molar-refractivity contribution < 1.29 is 4.79 Å². The van der Waals surface area contributed by atoms with Crippen LogP contribution in [-0.2, 0) is 4.79 Å². The van der Waals surface area contributed by atoms with Gasteiger partial charge in [0.2, 0.25) is 5.78 Å². The Kier molecular flexibility index (Phi) is 3.73. The lowest BCUT2D eigenvalue weighted by Crippen LogP contribution is -2.42. The van der Waals surface area contributed by atoms with E-state index in [0.717, 1.165) is 11.1 Å². The van der Waals surface area contributed by atoms with Crippen molar-refractivity contribution in [2.24, 2.45) is 5.92 Å². The lowest BCUT2D eigenvalue weighted by atomic mass is 9.95. The van der Waals surface area contributed by atoms with Crippen molar-refractivity contribution in [3.05, 3.63) is 11.1 Å². The fourth-order valence-electron chi connectivity index (χ4n) is 1.63. The largest absolute Gasteiger partial charge is 0.293 e. The summed E-state index contributed by atoms with van der Waals surface area (Å²) in [4.78, 5) is 11.9. The molecule has 0 N–H and O–H groups in total. The average Bonchev–Trinajstić information content (AvgIpc) is 2.14. The first-order chi connectivity index (χ1) is 6.60. The summed E-state index contributed by atoms with van der Waals surface area (Å²) < 4.78 is -3.08. The summed E-state index contributed by atoms with van der Waals surface area (Å²) in [7, 11) is 0. The predicted molar refractivity (Wildman–Crippen MR) is 66.0 cm³/mol. The molecule has 86 valence electrons. The number of Topliss-reactive ketones (excluding diaryl/α,β-unsaturated/α-hetero) is 1. The number of hydrogen-bond acceptors (Lipinski definition) is 1.